The fourth-order valence-electron chi connectivity index (χ4n) is 1.46. The minimum atomic E-state index is -4.82. The minimum Gasteiger partial charge on any atom is -0.345 e. The summed E-state index contributed by atoms with van der Waals surface area (Å²) in [6.07, 6.45) is -3.96. The molecule has 0 fully saturated rings. The van der Waals surface area contributed by atoms with Gasteiger partial charge in [-0.05, 0) is 18.4 Å². The molecular formula is C12H14F3NO. The summed E-state index contributed by atoms with van der Waals surface area (Å²) in [5.41, 5.74) is 0.904. The van der Waals surface area contributed by atoms with Gasteiger partial charge in [-0.2, -0.15) is 13.2 Å². The van der Waals surface area contributed by atoms with Crippen molar-refractivity contribution in [1.29, 1.82) is 0 Å². The summed E-state index contributed by atoms with van der Waals surface area (Å²) in [5, 5.41) is 1.99. The third-order valence-electron chi connectivity index (χ3n) is 2.41. The zero-order chi connectivity index (χ0) is 12.9. The molecule has 1 aromatic carbocycles. The Labute approximate surface area is 97.8 Å². The number of hydrogen-bond acceptors (Lipinski definition) is 1. The van der Waals surface area contributed by atoms with Crippen molar-refractivity contribution in [2.24, 2.45) is 0 Å². The SMILES string of the molecule is CCC(Cc1ccccc1)NC(=O)C(F)(F)F. The van der Waals surface area contributed by atoms with Crippen molar-refractivity contribution in [3.8, 4) is 0 Å². The lowest BCUT2D eigenvalue weighted by Gasteiger charge is -2.18. The van der Waals surface area contributed by atoms with Crippen LogP contribution in [0.2, 0.25) is 0 Å². The van der Waals surface area contributed by atoms with Gasteiger partial charge in [0.05, 0.1) is 0 Å². The second kappa shape index (κ2) is 5.70. The van der Waals surface area contributed by atoms with Gasteiger partial charge in [0.2, 0.25) is 0 Å². The van der Waals surface area contributed by atoms with Gasteiger partial charge in [-0.3, -0.25) is 4.79 Å². The highest BCUT2D eigenvalue weighted by Crippen LogP contribution is 2.15. The van der Waals surface area contributed by atoms with Crippen LogP contribution in [-0.4, -0.2) is 18.1 Å². The lowest BCUT2D eigenvalue weighted by atomic mass is 10.0. The van der Waals surface area contributed by atoms with E-state index in [2.05, 4.69) is 0 Å². The van der Waals surface area contributed by atoms with Crippen LogP contribution < -0.4 is 5.32 Å². The topological polar surface area (TPSA) is 29.1 Å². The van der Waals surface area contributed by atoms with Crippen LogP contribution in [0.3, 0.4) is 0 Å². The van der Waals surface area contributed by atoms with Crippen LogP contribution in [0, 0.1) is 0 Å². The van der Waals surface area contributed by atoms with Crippen molar-refractivity contribution in [2.75, 3.05) is 0 Å². The Bertz CT molecular complexity index is 362. The molecule has 0 aliphatic rings. The van der Waals surface area contributed by atoms with Gasteiger partial charge in [0.1, 0.15) is 0 Å². The molecule has 1 N–H and O–H groups in total. The number of rotatable bonds is 4. The smallest absolute Gasteiger partial charge is 0.345 e. The molecule has 0 saturated heterocycles. The lowest BCUT2D eigenvalue weighted by Crippen LogP contribution is -2.43. The molecule has 1 atom stereocenters. The van der Waals surface area contributed by atoms with Crippen molar-refractivity contribution in [3.05, 3.63) is 35.9 Å². The molecule has 2 nitrogen and oxygen atoms in total. The second-order valence-corrected chi connectivity index (χ2v) is 3.77. The van der Waals surface area contributed by atoms with Gasteiger partial charge in [-0.25, -0.2) is 0 Å². The number of carbonyl (C=O) groups excluding carboxylic acids is 1. The highest BCUT2D eigenvalue weighted by molar-refractivity contribution is 5.81. The molecule has 5 heteroatoms. The van der Waals surface area contributed by atoms with Gasteiger partial charge in [-0.1, -0.05) is 37.3 Å². The zero-order valence-corrected chi connectivity index (χ0v) is 9.42. The Morgan fingerprint density at radius 1 is 1.29 bits per heavy atom. The first-order valence-electron chi connectivity index (χ1n) is 5.35. The van der Waals surface area contributed by atoms with E-state index in [9.17, 15) is 18.0 Å². The van der Waals surface area contributed by atoms with E-state index in [-0.39, 0.29) is 0 Å². The number of amides is 1. The van der Waals surface area contributed by atoms with Crippen LogP contribution in [0.4, 0.5) is 13.2 Å². The standard InChI is InChI=1S/C12H14F3NO/c1-2-10(16-11(17)12(13,14)15)8-9-6-4-3-5-7-9/h3-7,10H,2,8H2,1H3,(H,16,17). The first kappa shape index (κ1) is 13.5. The molecule has 1 rings (SSSR count). The van der Waals surface area contributed by atoms with Crippen molar-refractivity contribution >= 4 is 5.91 Å². The van der Waals surface area contributed by atoms with Crippen LogP contribution in [-0.2, 0) is 11.2 Å². The molecule has 17 heavy (non-hydrogen) atoms. The van der Waals surface area contributed by atoms with Crippen molar-refractivity contribution in [2.45, 2.75) is 32.0 Å². The van der Waals surface area contributed by atoms with Gasteiger partial charge < -0.3 is 5.32 Å². The van der Waals surface area contributed by atoms with Gasteiger partial charge >= 0.3 is 12.1 Å². The maximum Gasteiger partial charge on any atom is 0.471 e. The molecular weight excluding hydrogens is 231 g/mol. The highest BCUT2D eigenvalue weighted by atomic mass is 19.4. The Morgan fingerprint density at radius 3 is 2.35 bits per heavy atom. The molecule has 0 radical (unpaired) electrons. The summed E-state index contributed by atoms with van der Waals surface area (Å²) < 4.78 is 36.2. The Balaban J connectivity index is 2.59. The predicted octanol–water partition coefficient (Wildman–Crippen LogP) is 2.69. The molecule has 94 valence electrons. The summed E-state index contributed by atoms with van der Waals surface area (Å²) in [6, 6.07) is 8.61. The lowest BCUT2D eigenvalue weighted by molar-refractivity contribution is -0.174. The van der Waals surface area contributed by atoms with E-state index in [4.69, 9.17) is 0 Å². The van der Waals surface area contributed by atoms with Gasteiger partial charge in [0.25, 0.3) is 0 Å². The van der Waals surface area contributed by atoms with Gasteiger partial charge in [0.15, 0.2) is 0 Å². The Kier molecular flexibility index (Phi) is 4.54. The van der Waals surface area contributed by atoms with E-state index in [0.29, 0.717) is 12.8 Å². The minimum absolute atomic E-state index is 0.402. The normalized spacial score (nSPS) is 13.2. The van der Waals surface area contributed by atoms with E-state index in [1.54, 1.807) is 6.92 Å². The van der Waals surface area contributed by atoms with Crippen molar-refractivity contribution in [1.82, 2.24) is 5.32 Å². The largest absolute Gasteiger partial charge is 0.471 e. The summed E-state index contributed by atoms with van der Waals surface area (Å²) >= 11 is 0. The molecule has 0 aromatic heterocycles. The third-order valence-corrected chi connectivity index (χ3v) is 2.41. The van der Waals surface area contributed by atoms with Crippen LogP contribution in [0.5, 0.6) is 0 Å². The van der Waals surface area contributed by atoms with Crippen molar-refractivity contribution in [3.63, 3.8) is 0 Å². The zero-order valence-electron chi connectivity index (χ0n) is 9.42. The first-order valence-corrected chi connectivity index (χ1v) is 5.35. The van der Waals surface area contributed by atoms with Gasteiger partial charge in [0, 0.05) is 6.04 Å². The highest BCUT2D eigenvalue weighted by Gasteiger charge is 2.39. The average molecular weight is 245 g/mol. The molecule has 0 spiro atoms. The number of alkyl halides is 3. The first-order chi connectivity index (χ1) is 7.93. The molecule has 0 saturated carbocycles. The number of carbonyl (C=O) groups is 1. The van der Waals surface area contributed by atoms with E-state index in [0.717, 1.165) is 5.56 Å². The summed E-state index contributed by atoms with van der Waals surface area (Å²) in [6.45, 7) is 1.74. The number of nitrogens with one attached hydrogen (secondary N) is 1. The van der Waals surface area contributed by atoms with Crippen molar-refractivity contribution < 1.29 is 18.0 Å². The second-order valence-electron chi connectivity index (χ2n) is 3.77. The van der Waals surface area contributed by atoms with E-state index >= 15 is 0 Å². The van der Waals surface area contributed by atoms with Crippen LogP contribution in [0.1, 0.15) is 18.9 Å². The Hall–Kier alpha value is -1.52. The molecule has 0 bridgehead atoms. The molecule has 0 heterocycles. The van der Waals surface area contributed by atoms with Crippen LogP contribution in [0.25, 0.3) is 0 Å². The summed E-state index contributed by atoms with van der Waals surface area (Å²) in [7, 11) is 0. The fraction of sp³-hybridized carbons (Fsp3) is 0.417. The molecule has 0 aliphatic carbocycles. The summed E-state index contributed by atoms with van der Waals surface area (Å²) in [4.78, 5) is 10.8. The maximum atomic E-state index is 12.1. The number of halogens is 3. The van der Waals surface area contributed by atoms with Crippen LogP contribution in [0.15, 0.2) is 30.3 Å². The van der Waals surface area contributed by atoms with E-state index in [1.807, 2.05) is 35.6 Å². The fourth-order valence-corrected chi connectivity index (χ4v) is 1.46. The third kappa shape index (κ3) is 4.46. The van der Waals surface area contributed by atoms with Crippen LogP contribution >= 0.6 is 0 Å². The Morgan fingerprint density at radius 2 is 1.88 bits per heavy atom. The molecule has 0 aliphatic heterocycles. The predicted molar refractivity (Wildman–Crippen MR) is 58.4 cm³/mol. The molecule has 1 unspecified atom stereocenters. The quantitative estimate of drug-likeness (QED) is 0.868. The van der Waals surface area contributed by atoms with E-state index in [1.165, 1.54) is 0 Å². The summed E-state index contributed by atoms with van der Waals surface area (Å²) in [5.74, 6) is -1.87. The maximum absolute atomic E-state index is 12.1. The van der Waals surface area contributed by atoms with Gasteiger partial charge in [-0.15, -0.1) is 0 Å². The average Bonchev–Trinajstić information content (AvgIpc) is 2.28. The van der Waals surface area contributed by atoms with E-state index < -0.39 is 18.1 Å². The number of hydrogen-bond donors (Lipinski definition) is 1. The molecule has 1 amide bonds. The number of benzene rings is 1. The monoisotopic (exact) mass is 245 g/mol. The molecule has 1 aromatic rings.